The molecule has 0 saturated carbocycles. The molecule has 1 aliphatic heterocycles. The van der Waals surface area contributed by atoms with Gasteiger partial charge in [-0.3, -0.25) is 4.99 Å². The SMILES string of the molecule is CCNC(=NCCCS(C)(=O)=O)N1CCN(c2ccc(OC)cc2)CC1. The van der Waals surface area contributed by atoms with Crippen molar-refractivity contribution >= 4 is 21.5 Å². The Balaban J connectivity index is 1.89. The van der Waals surface area contributed by atoms with Crippen LogP contribution in [0.2, 0.25) is 0 Å². The maximum atomic E-state index is 11.2. The molecule has 0 radical (unpaired) electrons. The van der Waals surface area contributed by atoms with Gasteiger partial charge in [0.25, 0.3) is 0 Å². The van der Waals surface area contributed by atoms with E-state index in [4.69, 9.17) is 4.74 Å². The highest BCUT2D eigenvalue weighted by Gasteiger charge is 2.19. The maximum Gasteiger partial charge on any atom is 0.194 e. The molecule has 26 heavy (non-hydrogen) atoms. The van der Waals surface area contributed by atoms with Gasteiger partial charge in [-0.15, -0.1) is 0 Å². The first-order valence-electron chi connectivity index (χ1n) is 9.03. The third-order valence-corrected chi connectivity index (χ3v) is 5.32. The Bertz CT molecular complexity index is 681. The van der Waals surface area contributed by atoms with Gasteiger partial charge in [-0.25, -0.2) is 8.42 Å². The summed E-state index contributed by atoms with van der Waals surface area (Å²) < 4.78 is 27.7. The van der Waals surface area contributed by atoms with Crippen LogP contribution in [-0.4, -0.2) is 77.7 Å². The Hall–Kier alpha value is -1.96. The Morgan fingerprint density at radius 2 is 1.85 bits per heavy atom. The van der Waals surface area contributed by atoms with E-state index >= 15 is 0 Å². The quantitative estimate of drug-likeness (QED) is 0.434. The van der Waals surface area contributed by atoms with Gasteiger partial charge in [0, 0.05) is 51.2 Å². The zero-order valence-corrected chi connectivity index (χ0v) is 16.8. The van der Waals surface area contributed by atoms with Crippen molar-refractivity contribution < 1.29 is 13.2 Å². The average molecular weight is 383 g/mol. The number of rotatable bonds is 7. The lowest BCUT2D eigenvalue weighted by atomic mass is 10.2. The van der Waals surface area contributed by atoms with Gasteiger partial charge in [-0.05, 0) is 37.6 Å². The minimum Gasteiger partial charge on any atom is -0.497 e. The van der Waals surface area contributed by atoms with Crippen LogP contribution < -0.4 is 15.0 Å². The van der Waals surface area contributed by atoms with Crippen molar-refractivity contribution in [1.82, 2.24) is 10.2 Å². The molecular formula is C18H30N4O3S. The molecule has 0 atom stereocenters. The second-order valence-corrected chi connectivity index (χ2v) is 8.65. The van der Waals surface area contributed by atoms with E-state index in [0.29, 0.717) is 13.0 Å². The van der Waals surface area contributed by atoms with Crippen molar-refractivity contribution in [1.29, 1.82) is 0 Å². The monoisotopic (exact) mass is 382 g/mol. The predicted molar refractivity (Wildman–Crippen MR) is 107 cm³/mol. The van der Waals surface area contributed by atoms with Crippen molar-refractivity contribution in [3.8, 4) is 5.75 Å². The Labute approximate surface area is 157 Å². The molecule has 7 nitrogen and oxygen atoms in total. The molecule has 1 fully saturated rings. The molecule has 1 aromatic carbocycles. The van der Waals surface area contributed by atoms with E-state index in [-0.39, 0.29) is 5.75 Å². The molecule has 1 heterocycles. The number of hydrogen-bond donors (Lipinski definition) is 1. The van der Waals surface area contributed by atoms with Crippen LogP contribution in [0.5, 0.6) is 5.75 Å². The zero-order chi connectivity index (χ0) is 19.0. The zero-order valence-electron chi connectivity index (χ0n) is 15.9. The number of piperazine rings is 1. The fourth-order valence-electron chi connectivity index (χ4n) is 2.91. The van der Waals surface area contributed by atoms with Crippen LogP contribution in [0, 0.1) is 0 Å². The van der Waals surface area contributed by atoms with Crippen LogP contribution >= 0.6 is 0 Å². The third kappa shape index (κ3) is 6.40. The third-order valence-electron chi connectivity index (χ3n) is 4.29. The molecule has 0 aromatic heterocycles. The number of nitrogens with one attached hydrogen (secondary N) is 1. The molecule has 0 aliphatic carbocycles. The summed E-state index contributed by atoms with van der Waals surface area (Å²) in [7, 11) is -1.25. The molecule has 1 saturated heterocycles. The van der Waals surface area contributed by atoms with Crippen LogP contribution in [0.1, 0.15) is 13.3 Å². The summed E-state index contributed by atoms with van der Waals surface area (Å²) in [5.41, 5.74) is 1.19. The van der Waals surface area contributed by atoms with Crippen LogP contribution in [0.3, 0.4) is 0 Å². The number of anilines is 1. The normalized spacial score (nSPS) is 15.9. The van der Waals surface area contributed by atoms with Gasteiger partial charge >= 0.3 is 0 Å². The number of aliphatic imine (C=N–C) groups is 1. The number of methoxy groups -OCH3 is 1. The molecule has 8 heteroatoms. The van der Waals surface area contributed by atoms with Gasteiger partial charge in [0.05, 0.1) is 12.9 Å². The van der Waals surface area contributed by atoms with E-state index in [1.807, 2.05) is 19.1 Å². The van der Waals surface area contributed by atoms with Crippen LogP contribution in [0.25, 0.3) is 0 Å². The number of guanidine groups is 1. The minimum absolute atomic E-state index is 0.182. The summed E-state index contributed by atoms with van der Waals surface area (Å²) in [5, 5.41) is 3.31. The van der Waals surface area contributed by atoms with E-state index < -0.39 is 9.84 Å². The molecule has 0 bridgehead atoms. The number of ether oxygens (including phenoxy) is 1. The van der Waals surface area contributed by atoms with Crippen molar-refractivity contribution in [2.45, 2.75) is 13.3 Å². The number of nitrogens with zero attached hydrogens (tertiary/aromatic N) is 3. The molecular weight excluding hydrogens is 352 g/mol. The highest BCUT2D eigenvalue weighted by molar-refractivity contribution is 7.90. The molecule has 2 rings (SSSR count). The molecule has 0 amide bonds. The Morgan fingerprint density at radius 3 is 2.38 bits per heavy atom. The fourth-order valence-corrected chi connectivity index (χ4v) is 3.56. The standard InChI is InChI=1S/C18H30N4O3S/c1-4-19-18(20-10-5-15-26(3,23)24)22-13-11-21(12-14-22)16-6-8-17(25-2)9-7-16/h6-9H,4-5,10-15H2,1-3H3,(H,19,20). The lowest BCUT2D eigenvalue weighted by Crippen LogP contribution is -2.52. The first-order valence-corrected chi connectivity index (χ1v) is 11.1. The molecule has 1 aliphatic rings. The van der Waals surface area contributed by atoms with Gasteiger partial charge in [0.15, 0.2) is 5.96 Å². The summed E-state index contributed by atoms with van der Waals surface area (Å²) in [6, 6.07) is 8.13. The van der Waals surface area contributed by atoms with Crippen LogP contribution in [0.4, 0.5) is 5.69 Å². The van der Waals surface area contributed by atoms with E-state index in [2.05, 4.69) is 32.2 Å². The topological polar surface area (TPSA) is 74.2 Å². The van der Waals surface area contributed by atoms with E-state index in [1.54, 1.807) is 7.11 Å². The first-order chi connectivity index (χ1) is 12.4. The molecule has 0 spiro atoms. The highest BCUT2D eigenvalue weighted by Crippen LogP contribution is 2.20. The van der Waals surface area contributed by atoms with Crippen molar-refractivity contribution in [2.24, 2.45) is 4.99 Å². The Morgan fingerprint density at radius 1 is 1.19 bits per heavy atom. The summed E-state index contributed by atoms with van der Waals surface area (Å²) in [6.07, 6.45) is 1.82. The second kappa shape index (κ2) is 9.66. The largest absolute Gasteiger partial charge is 0.497 e. The highest BCUT2D eigenvalue weighted by atomic mass is 32.2. The van der Waals surface area contributed by atoms with Crippen molar-refractivity contribution in [3.63, 3.8) is 0 Å². The van der Waals surface area contributed by atoms with Gasteiger partial charge in [0.1, 0.15) is 15.6 Å². The maximum absolute atomic E-state index is 11.2. The van der Waals surface area contributed by atoms with Gasteiger partial charge in [-0.1, -0.05) is 0 Å². The lowest BCUT2D eigenvalue weighted by molar-refractivity contribution is 0.372. The van der Waals surface area contributed by atoms with E-state index in [1.165, 1.54) is 11.9 Å². The summed E-state index contributed by atoms with van der Waals surface area (Å²) >= 11 is 0. The smallest absolute Gasteiger partial charge is 0.194 e. The van der Waals surface area contributed by atoms with Gasteiger partial charge in [-0.2, -0.15) is 0 Å². The molecule has 1 N–H and O–H groups in total. The fraction of sp³-hybridized carbons (Fsp3) is 0.611. The van der Waals surface area contributed by atoms with E-state index in [9.17, 15) is 8.42 Å². The second-order valence-electron chi connectivity index (χ2n) is 6.39. The summed E-state index contributed by atoms with van der Waals surface area (Å²) in [6.45, 7) is 6.95. The van der Waals surface area contributed by atoms with Gasteiger partial charge < -0.3 is 19.9 Å². The predicted octanol–water partition coefficient (Wildman–Crippen LogP) is 1.22. The lowest BCUT2D eigenvalue weighted by Gasteiger charge is -2.37. The van der Waals surface area contributed by atoms with Crippen molar-refractivity contribution in [3.05, 3.63) is 24.3 Å². The Kier molecular flexibility index (Phi) is 7.56. The molecule has 1 aromatic rings. The molecule has 0 unspecified atom stereocenters. The average Bonchev–Trinajstić information content (AvgIpc) is 2.64. The summed E-state index contributed by atoms with van der Waals surface area (Å²) in [4.78, 5) is 9.18. The van der Waals surface area contributed by atoms with E-state index in [0.717, 1.165) is 44.4 Å². The van der Waals surface area contributed by atoms with Crippen molar-refractivity contribution in [2.75, 3.05) is 63.3 Å². The van der Waals surface area contributed by atoms with Crippen LogP contribution in [-0.2, 0) is 9.84 Å². The van der Waals surface area contributed by atoms with Gasteiger partial charge in [0.2, 0.25) is 0 Å². The number of hydrogen-bond acceptors (Lipinski definition) is 5. The van der Waals surface area contributed by atoms with Crippen LogP contribution in [0.15, 0.2) is 29.3 Å². The number of benzene rings is 1. The molecule has 146 valence electrons. The summed E-state index contributed by atoms with van der Waals surface area (Å²) in [5.74, 6) is 1.92. The first kappa shape index (κ1) is 20.4. The number of sulfone groups is 1. The minimum atomic E-state index is -2.92.